The van der Waals surface area contributed by atoms with Crippen molar-refractivity contribution in [1.82, 2.24) is 4.98 Å². The van der Waals surface area contributed by atoms with Gasteiger partial charge in [0, 0.05) is 6.20 Å². The van der Waals surface area contributed by atoms with E-state index in [2.05, 4.69) is 25.8 Å². The molecule has 0 aliphatic heterocycles. The predicted molar refractivity (Wildman–Crippen MR) is 50.1 cm³/mol. The van der Waals surface area contributed by atoms with Crippen molar-refractivity contribution in [3.05, 3.63) is 23.9 Å². The molecule has 0 aromatic carbocycles. The van der Waals surface area contributed by atoms with Crippen LogP contribution >= 0.6 is 0 Å². The maximum absolute atomic E-state index is 10.5. The summed E-state index contributed by atoms with van der Waals surface area (Å²) in [6.45, 7) is 6.16. The molecular weight excluding hydrogens is 186 g/mol. The first kappa shape index (κ1) is 10.3. The highest BCUT2D eigenvalue weighted by Gasteiger charge is 2.13. The average Bonchev–Trinajstić information content (AvgIpc) is 2.03. The SMILES string of the molecule is CC(C)(C)c1ccc(S(=O)[O-])nc1. The minimum Gasteiger partial charge on any atom is -0.767 e. The molecule has 0 bridgehead atoms. The van der Waals surface area contributed by atoms with Crippen LogP contribution in [0.15, 0.2) is 23.4 Å². The lowest BCUT2D eigenvalue weighted by Crippen LogP contribution is -2.11. The normalized spacial score (nSPS) is 14.2. The highest BCUT2D eigenvalue weighted by molar-refractivity contribution is 7.79. The molecule has 0 saturated heterocycles. The maximum atomic E-state index is 10.5. The van der Waals surface area contributed by atoms with E-state index in [1.165, 1.54) is 6.07 Å². The summed E-state index contributed by atoms with van der Waals surface area (Å²) >= 11 is -2.23. The Labute approximate surface area is 80.5 Å². The lowest BCUT2D eigenvalue weighted by molar-refractivity contribution is 0.532. The van der Waals surface area contributed by atoms with Crippen LogP contribution in [0.5, 0.6) is 0 Å². The molecule has 0 radical (unpaired) electrons. The van der Waals surface area contributed by atoms with Crippen LogP contribution in [0.2, 0.25) is 0 Å². The van der Waals surface area contributed by atoms with Gasteiger partial charge < -0.3 is 4.55 Å². The molecular formula is C9H12NO2S-. The second-order valence-corrected chi connectivity index (χ2v) is 4.76. The fourth-order valence-electron chi connectivity index (χ4n) is 0.923. The van der Waals surface area contributed by atoms with Gasteiger partial charge in [0.05, 0.1) is 0 Å². The van der Waals surface area contributed by atoms with Gasteiger partial charge in [-0.2, -0.15) is 0 Å². The number of pyridine rings is 1. The van der Waals surface area contributed by atoms with Gasteiger partial charge in [0.2, 0.25) is 0 Å². The van der Waals surface area contributed by atoms with Crippen LogP contribution in [0.1, 0.15) is 26.3 Å². The molecule has 0 amide bonds. The molecule has 0 spiro atoms. The number of hydrogen-bond donors (Lipinski definition) is 0. The van der Waals surface area contributed by atoms with Crippen LogP contribution in [-0.2, 0) is 16.5 Å². The van der Waals surface area contributed by atoms with Crippen LogP contribution in [-0.4, -0.2) is 13.7 Å². The molecule has 1 heterocycles. The molecule has 3 nitrogen and oxygen atoms in total. The fourth-order valence-corrected chi connectivity index (χ4v) is 1.24. The summed E-state index contributed by atoms with van der Waals surface area (Å²) < 4.78 is 21.0. The van der Waals surface area contributed by atoms with E-state index in [9.17, 15) is 8.76 Å². The minimum absolute atomic E-state index is 0.00983. The van der Waals surface area contributed by atoms with Crippen molar-refractivity contribution in [1.29, 1.82) is 0 Å². The Morgan fingerprint density at radius 1 is 1.38 bits per heavy atom. The molecule has 1 aromatic heterocycles. The van der Waals surface area contributed by atoms with Crippen LogP contribution < -0.4 is 0 Å². The van der Waals surface area contributed by atoms with E-state index < -0.39 is 11.1 Å². The Hall–Kier alpha value is -0.740. The van der Waals surface area contributed by atoms with Crippen molar-refractivity contribution in [2.75, 3.05) is 0 Å². The molecule has 1 rings (SSSR count). The third-order valence-electron chi connectivity index (χ3n) is 1.77. The third kappa shape index (κ3) is 2.60. The number of hydrogen-bond acceptors (Lipinski definition) is 3. The highest BCUT2D eigenvalue weighted by Crippen LogP contribution is 2.21. The van der Waals surface area contributed by atoms with E-state index in [0.29, 0.717) is 0 Å². The molecule has 0 aliphatic carbocycles. The second-order valence-electron chi connectivity index (χ2n) is 3.87. The molecule has 72 valence electrons. The van der Waals surface area contributed by atoms with Crippen LogP contribution in [0, 0.1) is 0 Å². The first-order valence-electron chi connectivity index (χ1n) is 3.97. The topological polar surface area (TPSA) is 53.0 Å². The standard InChI is InChI=1S/C9H13NO2S/c1-9(2,3)7-4-5-8(10-6-7)13(11)12/h4-6H,1-3H3,(H,11,12)/p-1. The number of rotatable bonds is 1. The van der Waals surface area contributed by atoms with Gasteiger partial charge in [0.1, 0.15) is 5.03 Å². The van der Waals surface area contributed by atoms with Gasteiger partial charge in [-0.1, -0.05) is 26.8 Å². The molecule has 1 aromatic rings. The lowest BCUT2D eigenvalue weighted by atomic mass is 9.88. The quantitative estimate of drug-likeness (QED) is 0.644. The minimum atomic E-state index is -2.23. The number of aromatic nitrogens is 1. The van der Waals surface area contributed by atoms with Gasteiger partial charge in [0.25, 0.3) is 0 Å². The monoisotopic (exact) mass is 198 g/mol. The van der Waals surface area contributed by atoms with E-state index in [1.807, 2.05) is 0 Å². The van der Waals surface area contributed by atoms with E-state index >= 15 is 0 Å². The first-order valence-corrected chi connectivity index (χ1v) is 5.04. The fraction of sp³-hybridized carbons (Fsp3) is 0.444. The Morgan fingerprint density at radius 3 is 2.31 bits per heavy atom. The predicted octanol–water partition coefficient (Wildman–Crippen LogP) is 1.62. The van der Waals surface area contributed by atoms with Crippen molar-refractivity contribution in [3.63, 3.8) is 0 Å². The van der Waals surface area contributed by atoms with Crippen molar-refractivity contribution in [2.45, 2.75) is 31.2 Å². The average molecular weight is 198 g/mol. The summed E-state index contributed by atoms with van der Waals surface area (Å²) in [4.78, 5) is 3.83. The molecule has 4 heteroatoms. The van der Waals surface area contributed by atoms with Crippen molar-refractivity contribution in [2.24, 2.45) is 0 Å². The Balaban J connectivity index is 3.01. The second kappa shape index (κ2) is 3.55. The van der Waals surface area contributed by atoms with Gasteiger partial charge in [-0.15, -0.1) is 0 Å². The lowest BCUT2D eigenvalue weighted by Gasteiger charge is -2.18. The molecule has 0 fully saturated rings. The van der Waals surface area contributed by atoms with E-state index in [1.54, 1.807) is 12.3 Å². The summed E-state index contributed by atoms with van der Waals surface area (Å²) in [6.07, 6.45) is 1.60. The molecule has 0 N–H and O–H groups in total. The Morgan fingerprint density at radius 2 is 2.00 bits per heavy atom. The summed E-state index contributed by atoms with van der Waals surface area (Å²) in [5, 5.41) is 0.0907. The largest absolute Gasteiger partial charge is 0.767 e. The number of nitrogens with zero attached hydrogens (tertiary/aromatic N) is 1. The van der Waals surface area contributed by atoms with Crippen molar-refractivity contribution in [3.8, 4) is 0 Å². The smallest absolute Gasteiger partial charge is 0.113 e. The van der Waals surface area contributed by atoms with Crippen LogP contribution in [0.4, 0.5) is 0 Å². The Kier molecular flexibility index (Phi) is 2.83. The van der Waals surface area contributed by atoms with Gasteiger partial charge >= 0.3 is 0 Å². The molecule has 1 unspecified atom stereocenters. The zero-order valence-corrected chi connectivity index (χ0v) is 8.72. The molecule has 1 atom stereocenters. The van der Waals surface area contributed by atoms with E-state index in [0.717, 1.165) is 5.56 Å². The van der Waals surface area contributed by atoms with Crippen LogP contribution in [0.25, 0.3) is 0 Å². The molecule has 0 aliphatic rings. The van der Waals surface area contributed by atoms with Gasteiger partial charge in [-0.25, -0.2) is 4.98 Å². The summed E-state index contributed by atoms with van der Waals surface area (Å²) in [6, 6.07) is 3.31. The van der Waals surface area contributed by atoms with Crippen molar-refractivity contribution < 1.29 is 8.76 Å². The maximum Gasteiger partial charge on any atom is 0.113 e. The summed E-state index contributed by atoms with van der Waals surface area (Å²) in [5.74, 6) is 0. The van der Waals surface area contributed by atoms with E-state index in [-0.39, 0.29) is 10.4 Å². The Bertz CT molecular complexity index is 313. The van der Waals surface area contributed by atoms with Gasteiger partial charge in [-0.05, 0) is 28.1 Å². The summed E-state index contributed by atoms with van der Waals surface area (Å²) in [7, 11) is 0. The summed E-state index contributed by atoms with van der Waals surface area (Å²) in [5.41, 5.74) is 1.04. The van der Waals surface area contributed by atoms with Crippen molar-refractivity contribution >= 4 is 11.1 Å². The highest BCUT2D eigenvalue weighted by atomic mass is 32.2. The molecule has 0 saturated carbocycles. The van der Waals surface area contributed by atoms with Crippen LogP contribution in [0.3, 0.4) is 0 Å². The third-order valence-corrected chi connectivity index (χ3v) is 2.36. The van der Waals surface area contributed by atoms with E-state index in [4.69, 9.17) is 0 Å². The zero-order chi connectivity index (χ0) is 10.1. The molecule has 13 heavy (non-hydrogen) atoms. The van der Waals surface area contributed by atoms with Gasteiger partial charge in [-0.3, -0.25) is 4.21 Å². The zero-order valence-electron chi connectivity index (χ0n) is 7.90. The first-order chi connectivity index (χ1) is 5.91. The van der Waals surface area contributed by atoms with Gasteiger partial charge in [0.15, 0.2) is 0 Å².